The maximum Gasteiger partial charge on any atom is 0.230 e. The SMILES string of the molecule is CCO[C@@H]1C[C@H](NC(=O)CSc2ccccc2)[C@@]12CCCO2. The van der Waals surface area contributed by atoms with E-state index in [1.54, 1.807) is 11.8 Å². The highest BCUT2D eigenvalue weighted by molar-refractivity contribution is 8.00. The lowest BCUT2D eigenvalue weighted by molar-refractivity contribution is -0.198. The Hall–Kier alpha value is -1.04. The lowest BCUT2D eigenvalue weighted by Crippen LogP contribution is -2.69. The first-order valence-corrected chi connectivity index (χ1v) is 8.96. The van der Waals surface area contributed by atoms with Crippen molar-refractivity contribution in [2.45, 2.75) is 48.8 Å². The van der Waals surface area contributed by atoms with Gasteiger partial charge in [0.15, 0.2) is 0 Å². The molecule has 4 nitrogen and oxygen atoms in total. The van der Waals surface area contributed by atoms with Gasteiger partial charge in [0.25, 0.3) is 0 Å². The fourth-order valence-corrected chi connectivity index (χ4v) is 4.11. The molecule has 22 heavy (non-hydrogen) atoms. The predicted octanol–water partition coefficient (Wildman–Crippen LogP) is 2.62. The minimum Gasteiger partial charge on any atom is -0.375 e. The lowest BCUT2D eigenvalue weighted by Gasteiger charge is -2.52. The second kappa shape index (κ2) is 7.02. The summed E-state index contributed by atoms with van der Waals surface area (Å²) in [5.74, 6) is 0.513. The van der Waals surface area contributed by atoms with Gasteiger partial charge in [-0.2, -0.15) is 0 Å². The Bertz CT molecular complexity index is 502. The second-order valence-corrected chi connectivity index (χ2v) is 6.86. The van der Waals surface area contributed by atoms with E-state index in [0.717, 1.165) is 30.8 Å². The number of rotatable bonds is 6. The van der Waals surface area contributed by atoms with Gasteiger partial charge in [-0.05, 0) is 38.3 Å². The molecule has 3 rings (SSSR count). The number of benzene rings is 1. The third-order valence-electron chi connectivity index (χ3n) is 4.48. The van der Waals surface area contributed by atoms with E-state index in [2.05, 4.69) is 5.32 Å². The van der Waals surface area contributed by atoms with E-state index in [1.165, 1.54) is 0 Å². The zero-order chi connectivity index (χ0) is 15.4. The van der Waals surface area contributed by atoms with Crippen LogP contribution in [-0.4, -0.2) is 42.6 Å². The molecule has 1 N–H and O–H groups in total. The highest BCUT2D eigenvalue weighted by Crippen LogP contribution is 2.45. The molecule has 5 heteroatoms. The highest BCUT2D eigenvalue weighted by Gasteiger charge is 2.59. The van der Waals surface area contributed by atoms with Gasteiger partial charge in [-0.3, -0.25) is 4.79 Å². The van der Waals surface area contributed by atoms with Crippen molar-refractivity contribution < 1.29 is 14.3 Å². The van der Waals surface area contributed by atoms with Crippen molar-refractivity contribution in [3.05, 3.63) is 30.3 Å². The molecule has 3 atom stereocenters. The maximum atomic E-state index is 12.2. The van der Waals surface area contributed by atoms with Crippen LogP contribution in [0.25, 0.3) is 0 Å². The summed E-state index contributed by atoms with van der Waals surface area (Å²) in [5, 5.41) is 3.14. The van der Waals surface area contributed by atoms with Crippen LogP contribution in [0.2, 0.25) is 0 Å². The van der Waals surface area contributed by atoms with E-state index in [9.17, 15) is 4.79 Å². The average molecular weight is 321 g/mol. The van der Waals surface area contributed by atoms with Crippen LogP contribution in [0, 0.1) is 0 Å². The van der Waals surface area contributed by atoms with E-state index in [0.29, 0.717) is 12.4 Å². The Morgan fingerprint density at radius 2 is 2.27 bits per heavy atom. The number of thioether (sulfide) groups is 1. The minimum absolute atomic E-state index is 0.0728. The number of hydrogen-bond acceptors (Lipinski definition) is 4. The van der Waals surface area contributed by atoms with Crippen LogP contribution in [0.3, 0.4) is 0 Å². The molecule has 0 radical (unpaired) electrons. The monoisotopic (exact) mass is 321 g/mol. The van der Waals surface area contributed by atoms with Gasteiger partial charge >= 0.3 is 0 Å². The van der Waals surface area contributed by atoms with Crippen molar-refractivity contribution in [3.63, 3.8) is 0 Å². The largest absolute Gasteiger partial charge is 0.375 e. The molecule has 1 saturated heterocycles. The van der Waals surface area contributed by atoms with Crippen molar-refractivity contribution in [1.29, 1.82) is 0 Å². The smallest absolute Gasteiger partial charge is 0.230 e. The number of amides is 1. The molecule has 1 saturated carbocycles. The van der Waals surface area contributed by atoms with Crippen molar-refractivity contribution in [2.75, 3.05) is 19.0 Å². The van der Waals surface area contributed by atoms with Gasteiger partial charge in [-0.15, -0.1) is 11.8 Å². The van der Waals surface area contributed by atoms with Gasteiger partial charge in [0.2, 0.25) is 5.91 Å². The normalized spacial score (nSPS) is 30.2. The van der Waals surface area contributed by atoms with E-state index in [-0.39, 0.29) is 23.7 Å². The maximum absolute atomic E-state index is 12.2. The predicted molar refractivity (Wildman–Crippen MR) is 87.0 cm³/mol. The van der Waals surface area contributed by atoms with Crippen LogP contribution in [0.15, 0.2) is 35.2 Å². The summed E-state index contributed by atoms with van der Waals surface area (Å²) in [6, 6.07) is 10.1. The van der Waals surface area contributed by atoms with E-state index in [4.69, 9.17) is 9.47 Å². The summed E-state index contributed by atoms with van der Waals surface area (Å²) in [5.41, 5.74) is -0.275. The van der Waals surface area contributed by atoms with Crippen LogP contribution in [0.5, 0.6) is 0 Å². The van der Waals surface area contributed by atoms with Crippen LogP contribution in [-0.2, 0) is 14.3 Å². The van der Waals surface area contributed by atoms with Crippen molar-refractivity contribution >= 4 is 17.7 Å². The Morgan fingerprint density at radius 1 is 1.45 bits per heavy atom. The third kappa shape index (κ3) is 3.16. The lowest BCUT2D eigenvalue weighted by atomic mass is 9.70. The number of ether oxygens (including phenoxy) is 2. The molecule has 1 spiro atoms. The molecule has 120 valence electrons. The molecule has 1 aromatic carbocycles. The number of nitrogens with one attached hydrogen (secondary N) is 1. The third-order valence-corrected chi connectivity index (χ3v) is 5.50. The molecule has 1 aliphatic heterocycles. The summed E-state index contributed by atoms with van der Waals surface area (Å²) >= 11 is 1.56. The summed E-state index contributed by atoms with van der Waals surface area (Å²) in [6.45, 7) is 3.47. The van der Waals surface area contributed by atoms with Crippen molar-refractivity contribution in [2.24, 2.45) is 0 Å². The van der Waals surface area contributed by atoms with E-state index in [1.807, 2.05) is 37.3 Å². The van der Waals surface area contributed by atoms with E-state index >= 15 is 0 Å². The van der Waals surface area contributed by atoms with Gasteiger partial charge in [0, 0.05) is 18.1 Å². The second-order valence-electron chi connectivity index (χ2n) is 5.81. The first-order valence-electron chi connectivity index (χ1n) is 7.97. The molecule has 1 amide bonds. The molecular formula is C17H23NO3S. The quantitative estimate of drug-likeness (QED) is 0.818. The van der Waals surface area contributed by atoms with Gasteiger partial charge in [0.1, 0.15) is 5.60 Å². The topological polar surface area (TPSA) is 47.6 Å². The summed E-state index contributed by atoms with van der Waals surface area (Å²) in [4.78, 5) is 13.3. The Kier molecular flexibility index (Phi) is 5.06. The Labute approximate surface area is 135 Å². The molecule has 1 aliphatic carbocycles. The first kappa shape index (κ1) is 15.8. The fraction of sp³-hybridized carbons (Fsp3) is 0.588. The summed E-state index contributed by atoms with van der Waals surface area (Å²) in [6.07, 6.45) is 3.02. The molecule has 0 unspecified atom stereocenters. The van der Waals surface area contributed by atoms with E-state index < -0.39 is 0 Å². The number of carbonyl (C=O) groups is 1. The zero-order valence-corrected chi connectivity index (χ0v) is 13.7. The molecule has 1 heterocycles. The summed E-state index contributed by atoms with van der Waals surface area (Å²) in [7, 11) is 0. The molecular weight excluding hydrogens is 298 g/mol. The van der Waals surface area contributed by atoms with Gasteiger partial charge in [0.05, 0.1) is 17.9 Å². The Balaban J connectivity index is 1.51. The van der Waals surface area contributed by atoms with Crippen molar-refractivity contribution in [3.8, 4) is 0 Å². The minimum atomic E-state index is -0.275. The Morgan fingerprint density at radius 3 is 2.95 bits per heavy atom. The molecule has 2 fully saturated rings. The van der Waals surface area contributed by atoms with Gasteiger partial charge < -0.3 is 14.8 Å². The van der Waals surface area contributed by atoms with Crippen LogP contribution in [0.1, 0.15) is 26.2 Å². The summed E-state index contributed by atoms with van der Waals surface area (Å²) < 4.78 is 11.7. The zero-order valence-electron chi connectivity index (χ0n) is 12.9. The molecule has 0 bridgehead atoms. The van der Waals surface area contributed by atoms with Crippen LogP contribution >= 0.6 is 11.8 Å². The fourth-order valence-electron chi connectivity index (χ4n) is 3.38. The van der Waals surface area contributed by atoms with Gasteiger partial charge in [-0.25, -0.2) is 0 Å². The highest BCUT2D eigenvalue weighted by atomic mass is 32.2. The first-order chi connectivity index (χ1) is 10.7. The molecule has 1 aromatic rings. The number of hydrogen-bond donors (Lipinski definition) is 1. The van der Waals surface area contributed by atoms with Crippen LogP contribution in [0.4, 0.5) is 0 Å². The average Bonchev–Trinajstić information content (AvgIpc) is 3.06. The number of carbonyl (C=O) groups excluding carboxylic acids is 1. The van der Waals surface area contributed by atoms with Crippen LogP contribution < -0.4 is 5.32 Å². The molecule has 0 aromatic heterocycles. The van der Waals surface area contributed by atoms with Crippen molar-refractivity contribution in [1.82, 2.24) is 5.32 Å². The standard InChI is InChI=1S/C17H23NO3S/c1-2-20-15-11-14(17(15)9-6-10-21-17)18-16(19)12-22-13-7-4-3-5-8-13/h3-5,7-8,14-15H,2,6,9-12H2,1H3,(H,18,19)/t14-,15+,17-/m0/s1. The molecule has 2 aliphatic rings. The van der Waals surface area contributed by atoms with Gasteiger partial charge in [-0.1, -0.05) is 18.2 Å².